The minimum atomic E-state index is -0.299. The Kier molecular flexibility index (Phi) is 4.56. The summed E-state index contributed by atoms with van der Waals surface area (Å²) in [5.74, 6) is -0.140. The fraction of sp³-hybridized carbons (Fsp3) is 0.909. The van der Waals surface area contributed by atoms with Crippen LogP contribution >= 0.6 is 0 Å². The third kappa shape index (κ3) is 3.43. The van der Waals surface area contributed by atoms with Gasteiger partial charge in [-0.2, -0.15) is 0 Å². The van der Waals surface area contributed by atoms with Crippen molar-refractivity contribution in [1.29, 1.82) is 0 Å². The predicted octanol–water partition coefficient (Wildman–Crippen LogP) is 0.309. The average molecular weight is 228 g/mol. The van der Waals surface area contributed by atoms with Crippen molar-refractivity contribution in [3.8, 4) is 0 Å². The molecule has 1 unspecified atom stereocenters. The molecule has 0 aromatic heterocycles. The van der Waals surface area contributed by atoms with Crippen LogP contribution in [0.2, 0.25) is 0 Å². The van der Waals surface area contributed by atoms with E-state index in [0.717, 1.165) is 32.5 Å². The summed E-state index contributed by atoms with van der Waals surface area (Å²) in [6.45, 7) is 4.45. The molecule has 0 bridgehead atoms. The van der Waals surface area contributed by atoms with E-state index in [0.29, 0.717) is 13.2 Å². The molecule has 16 heavy (non-hydrogen) atoms. The van der Waals surface area contributed by atoms with Gasteiger partial charge in [-0.05, 0) is 38.8 Å². The average Bonchev–Trinajstić information content (AvgIpc) is 2.96. The highest BCUT2D eigenvalue weighted by atomic mass is 16.7. The molecule has 0 aromatic rings. The monoisotopic (exact) mass is 228 g/mol. The Labute approximate surface area is 96.0 Å². The molecule has 5 nitrogen and oxygen atoms in total. The second kappa shape index (κ2) is 6.18. The van der Waals surface area contributed by atoms with E-state index in [2.05, 4.69) is 10.4 Å². The molecule has 2 aliphatic heterocycles. The molecule has 2 rings (SSSR count). The maximum Gasteiger partial charge on any atom is 0.272 e. The molecule has 5 heteroatoms. The molecule has 2 aliphatic rings. The lowest BCUT2D eigenvalue weighted by Gasteiger charge is -2.15. The highest BCUT2D eigenvalue weighted by molar-refractivity contribution is 5.79. The van der Waals surface area contributed by atoms with Crippen molar-refractivity contribution in [1.82, 2.24) is 10.4 Å². The number of carbonyl (C=O) groups excluding carboxylic acids is 1. The SMILES string of the molecule is O=C(NOCCN1CCCC1)C1CCCO1. The Morgan fingerprint density at radius 1 is 1.38 bits per heavy atom. The van der Waals surface area contributed by atoms with Gasteiger partial charge < -0.3 is 9.64 Å². The normalized spacial score (nSPS) is 26.1. The Bertz CT molecular complexity index is 223. The third-order valence-corrected chi connectivity index (χ3v) is 3.10. The van der Waals surface area contributed by atoms with Crippen molar-refractivity contribution < 1.29 is 14.4 Å². The van der Waals surface area contributed by atoms with Crippen LogP contribution in [0, 0.1) is 0 Å². The Morgan fingerprint density at radius 2 is 2.19 bits per heavy atom. The van der Waals surface area contributed by atoms with Crippen molar-refractivity contribution in [2.24, 2.45) is 0 Å². The van der Waals surface area contributed by atoms with E-state index < -0.39 is 0 Å². The highest BCUT2D eigenvalue weighted by Gasteiger charge is 2.23. The first-order chi connectivity index (χ1) is 7.86. The topological polar surface area (TPSA) is 50.8 Å². The van der Waals surface area contributed by atoms with Crippen molar-refractivity contribution >= 4 is 5.91 Å². The zero-order valence-corrected chi connectivity index (χ0v) is 9.61. The molecule has 0 saturated carbocycles. The lowest BCUT2D eigenvalue weighted by Crippen LogP contribution is -2.36. The molecule has 92 valence electrons. The first-order valence-electron chi connectivity index (χ1n) is 6.12. The van der Waals surface area contributed by atoms with Crippen molar-refractivity contribution in [3.05, 3.63) is 0 Å². The molecule has 1 N–H and O–H groups in total. The maximum absolute atomic E-state index is 11.5. The zero-order chi connectivity index (χ0) is 11.2. The lowest BCUT2D eigenvalue weighted by atomic mass is 10.2. The zero-order valence-electron chi connectivity index (χ0n) is 9.61. The summed E-state index contributed by atoms with van der Waals surface area (Å²) in [5, 5.41) is 0. The van der Waals surface area contributed by atoms with E-state index in [9.17, 15) is 4.79 Å². The minimum Gasteiger partial charge on any atom is -0.368 e. The quantitative estimate of drug-likeness (QED) is 0.543. The summed E-state index contributed by atoms with van der Waals surface area (Å²) < 4.78 is 5.24. The number of hydrogen-bond donors (Lipinski definition) is 1. The summed E-state index contributed by atoms with van der Waals surface area (Å²) in [5.41, 5.74) is 2.46. The molecule has 0 radical (unpaired) electrons. The van der Waals surface area contributed by atoms with Gasteiger partial charge in [0.1, 0.15) is 6.10 Å². The molecule has 2 saturated heterocycles. The molecular weight excluding hydrogens is 208 g/mol. The van der Waals surface area contributed by atoms with Gasteiger partial charge in [0.05, 0.1) is 6.61 Å². The van der Waals surface area contributed by atoms with Gasteiger partial charge in [0, 0.05) is 13.2 Å². The van der Waals surface area contributed by atoms with Gasteiger partial charge in [0.15, 0.2) is 0 Å². The fourth-order valence-corrected chi connectivity index (χ4v) is 2.15. The smallest absolute Gasteiger partial charge is 0.272 e. The van der Waals surface area contributed by atoms with Gasteiger partial charge in [0.25, 0.3) is 5.91 Å². The number of hydrogen-bond acceptors (Lipinski definition) is 4. The number of amides is 1. The van der Waals surface area contributed by atoms with Crippen LogP contribution in [0.4, 0.5) is 0 Å². The number of rotatable bonds is 5. The Morgan fingerprint density at radius 3 is 2.88 bits per heavy atom. The second-order valence-electron chi connectivity index (χ2n) is 4.37. The van der Waals surface area contributed by atoms with Crippen LogP contribution in [0.15, 0.2) is 0 Å². The third-order valence-electron chi connectivity index (χ3n) is 3.10. The lowest BCUT2D eigenvalue weighted by molar-refractivity contribution is -0.143. The van der Waals surface area contributed by atoms with E-state index >= 15 is 0 Å². The van der Waals surface area contributed by atoms with Gasteiger partial charge in [0.2, 0.25) is 0 Å². The Hall–Kier alpha value is -0.650. The van der Waals surface area contributed by atoms with Crippen molar-refractivity contribution in [2.45, 2.75) is 31.8 Å². The second-order valence-corrected chi connectivity index (χ2v) is 4.37. The standard InChI is InChI=1S/C11H20N2O3/c14-11(10-4-3-8-15-10)12-16-9-7-13-5-1-2-6-13/h10H,1-9H2,(H,12,14). The summed E-state index contributed by atoms with van der Waals surface area (Å²) >= 11 is 0. The van der Waals surface area contributed by atoms with E-state index in [1.165, 1.54) is 12.8 Å². The first-order valence-corrected chi connectivity index (χ1v) is 6.12. The molecule has 2 heterocycles. The van der Waals surface area contributed by atoms with Crippen LogP contribution in [0.5, 0.6) is 0 Å². The van der Waals surface area contributed by atoms with E-state index in [1.807, 2.05) is 0 Å². The number of hydroxylamine groups is 1. The molecule has 1 atom stereocenters. The van der Waals surface area contributed by atoms with Crippen molar-refractivity contribution in [3.63, 3.8) is 0 Å². The summed E-state index contributed by atoms with van der Waals surface area (Å²) in [4.78, 5) is 19.0. The molecule has 2 fully saturated rings. The van der Waals surface area contributed by atoms with Crippen LogP contribution < -0.4 is 5.48 Å². The predicted molar refractivity (Wildman–Crippen MR) is 58.7 cm³/mol. The number of carbonyl (C=O) groups is 1. The number of ether oxygens (including phenoxy) is 1. The van der Waals surface area contributed by atoms with Crippen LogP contribution in [0.1, 0.15) is 25.7 Å². The largest absolute Gasteiger partial charge is 0.368 e. The first kappa shape index (κ1) is 11.8. The van der Waals surface area contributed by atoms with Crippen LogP contribution in [-0.4, -0.2) is 49.8 Å². The molecular formula is C11H20N2O3. The molecule has 0 spiro atoms. The van der Waals surface area contributed by atoms with Gasteiger partial charge in [-0.25, -0.2) is 5.48 Å². The number of nitrogens with one attached hydrogen (secondary N) is 1. The van der Waals surface area contributed by atoms with Crippen LogP contribution in [-0.2, 0) is 14.4 Å². The number of nitrogens with zero attached hydrogens (tertiary/aromatic N) is 1. The minimum absolute atomic E-state index is 0.140. The van der Waals surface area contributed by atoms with Gasteiger partial charge in [-0.15, -0.1) is 0 Å². The Balaban J connectivity index is 1.51. The van der Waals surface area contributed by atoms with Gasteiger partial charge >= 0.3 is 0 Å². The number of likely N-dealkylation sites (tertiary alicyclic amines) is 1. The highest BCUT2D eigenvalue weighted by Crippen LogP contribution is 2.11. The van der Waals surface area contributed by atoms with Crippen LogP contribution in [0.25, 0.3) is 0 Å². The van der Waals surface area contributed by atoms with Gasteiger partial charge in [-0.3, -0.25) is 9.63 Å². The van der Waals surface area contributed by atoms with Crippen molar-refractivity contribution in [2.75, 3.05) is 32.8 Å². The summed E-state index contributed by atoms with van der Waals surface area (Å²) in [7, 11) is 0. The maximum atomic E-state index is 11.5. The molecule has 1 amide bonds. The van der Waals surface area contributed by atoms with Crippen LogP contribution in [0.3, 0.4) is 0 Å². The fourth-order valence-electron chi connectivity index (χ4n) is 2.15. The van der Waals surface area contributed by atoms with E-state index in [4.69, 9.17) is 9.57 Å². The van der Waals surface area contributed by atoms with E-state index in [-0.39, 0.29) is 12.0 Å². The molecule has 0 aromatic carbocycles. The summed E-state index contributed by atoms with van der Waals surface area (Å²) in [6, 6.07) is 0. The van der Waals surface area contributed by atoms with Gasteiger partial charge in [-0.1, -0.05) is 0 Å². The van der Waals surface area contributed by atoms with E-state index in [1.54, 1.807) is 0 Å². The molecule has 0 aliphatic carbocycles. The summed E-state index contributed by atoms with van der Waals surface area (Å²) in [6.07, 6.45) is 4.03.